The highest BCUT2D eigenvalue weighted by molar-refractivity contribution is 6.30. The van der Waals surface area contributed by atoms with E-state index in [1.54, 1.807) is 18.2 Å². The minimum absolute atomic E-state index is 0.0729. The Labute approximate surface area is 161 Å². The van der Waals surface area contributed by atoms with Crippen LogP contribution in [0, 0.1) is 0 Å². The number of rotatable bonds is 2. The van der Waals surface area contributed by atoms with Crippen LogP contribution < -0.4 is 10.2 Å². The summed E-state index contributed by atoms with van der Waals surface area (Å²) in [5, 5.41) is 1.04. The molecule has 0 saturated heterocycles. The minimum Gasteiger partial charge on any atom is -0.497 e. The molecule has 4 aromatic rings. The zero-order valence-electron chi connectivity index (χ0n) is 14.4. The Balaban J connectivity index is 2.16. The molecule has 0 unspecified atom stereocenters. The van der Waals surface area contributed by atoms with Crippen molar-refractivity contribution in [1.82, 2.24) is 9.55 Å². The van der Waals surface area contributed by atoms with Gasteiger partial charge in [-0.15, -0.1) is 0 Å². The molecule has 142 valence electrons. The Kier molecular flexibility index (Phi) is 4.27. The lowest BCUT2D eigenvalue weighted by atomic mass is 10.1. The first kappa shape index (κ1) is 18.3. The summed E-state index contributed by atoms with van der Waals surface area (Å²) < 4.78 is 47.2. The van der Waals surface area contributed by atoms with Crippen LogP contribution in [0.4, 0.5) is 13.2 Å². The van der Waals surface area contributed by atoms with E-state index >= 15 is 0 Å². The number of nitrogens with zero attached hydrogens (tertiary/aromatic N) is 2. The van der Waals surface area contributed by atoms with Gasteiger partial charge in [0.15, 0.2) is 5.43 Å². The second-order valence-electron chi connectivity index (χ2n) is 6.12. The molecule has 0 bridgehead atoms. The highest BCUT2D eigenvalue weighted by Crippen LogP contribution is 2.33. The molecule has 0 radical (unpaired) electrons. The molecule has 0 atom stereocenters. The quantitative estimate of drug-likeness (QED) is 0.430. The zero-order chi connectivity index (χ0) is 20.1. The van der Waals surface area contributed by atoms with Crippen molar-refractivity contribution < 1.29 is 17.9 Å². The van der Waals surface area contributed by atoms with Crippen molar-refractivity contribution in [3.8, 4) is 11.4 Å². The Hall–Kier alpha value is -3.06. The van der Waals surface area contributed by atoms with Gasteiger partial charge in [0.25, 0.3) is 0 Å². The second-order valence-corrected chi connectivity index (χ2v) is 6.56. The molecule has 28 heavy (non-hydrogen) atoms. The number of aromatic nitrogens is 2. The van der Waals surface area contributed by atoms with Gasteiger partial charge < -0.3 is 4.74 Å². The fraction of sp³-hybridized carbons (Fsp3) is 0.100. The minimum atomic E-state index is -4.75. The normalized spacial score (nSPS) is 11.9. The van der Waals surface area contributed by atoms with Gasteiger partial charge >= 0.3 is 6.18 Å². The molecule has 0 N–H and O–H groups in total. The average Bonchev–Trinajstić information content (AvgIpc) is 2.66. The summed E-state index contributed by atoms with van der Waals surface area (Å²) in [5.74, 6) is 0.554. The van der Waals surface area contributed by atoms with E-state index in [9.17, 15) is 18.0 Å². The number of hydrogen-bond acceptors (Lipinski definition) is 3. The summed E-state index contributed by atoms with van der Waals surface area (Å²) in [6.45, 7) is 0. The van der Waals surface area contributed by atoms with E-state index in [1.807, 2.05) is 0 Å². The molecule has 0 saturated carbocycles. The molecule has 2 heterocycles. The monoisotopic (exact) mass is 404 g/mol. The highest BCUT2D eigenvalue weighted by Gasteiger charge is 2.36. The maximum absolute atomic E-state index is 13.7. The number of methoxy groups -OCH3 is 1. The Morgan fingerprint density at radius 2 is 1.75 bits per heavy atom. The average molecular weight is 405 g/mol. The standard InChI is InChI=1S/C20H12ClF3N2O2/c1-28-14-6-7-16-11(8-14)9-15-17(27)10-18(20(22,23)24)26(19(15)25-16)13-4-2-12(21)3-5-13/h2-10H,1H3. The fourth-order valence-corrected chi connectivity index (χ4v) is 3.19. The van der Waals surface area contributed by atoms with Crippen LogP contribution in [-0.4, -0.2) is 16.7 Å². The van der Waals surface area contributed by atoms with Crippen LogP contribution in [0.15, 0.2) is 59.4 Å². The third-order valence-electron chi connectivity index (χ3n) is 4.36. The third-order valence-corrected chi connectivity index (χ3v) is 4.62. The second kappa shape index (κ2) is 6.53. The molecule has 4 rings (SSSR count). The van der Waals surface area contributed by atoms with Gasteiger partial charge in [0.2, 0.25) is 0 Å². The van der Waals surface area contributed by atoms with Crippen molar-refractivity contribution in [3.05, 3.63) is 75.5 Å². The van der Waals surface area contributed by atoms with Crippen LogP contribution in [-0.2, 0) is 6.18 Å². The smallest absolute Gasteiger partial charge is 0.431 e. The summed E-state index contributed by atoms with van der Waals surface area (Å²) in [7, 11) is 1.50. The Morgan fingerprint density at radius 1 is 1.04 bits per heavy atom. The Bertz CT molecular complexity index is 1270. The van der Waals surface area contributed by atoms with Crippen molar-refractivity contribution in [1.29, 1.82) is 0 Å². The molecule has 2 aromatic heterocycles. The van der Waals surface area contributed by atoms with Gasteiger partial charge in [0, 0.05) is 22.2 Å². The fourth-order valence-electron chi connectivity index (χ4n) is 3.06. The molecular formula is C20H12ClF3N2O2. The maximum atomic E-state index is 13.7. The first-order valence-electron chi connectivity index (χ1n) is 8.15. The van der Waals surface area contributed by atoms with Crippen molar-refractivity contribution >= 4 is 33.5 Å². The van der Waals surface area contributed by atoms with Gasteiger partial charge in [-0.25, -0.2) is 4.98 Å². The topological polar surface area (TPSA) is 44.1 Å². The van der Waals surface area contributed by atoms with E-state index in [2.05, 4.69) is 4.98 Å². The number of ether oxygens (including phenoxy) is 1. The molecule has 0 spiro atoms. The summed E-state index contributed by atoms with van der Waals surface area (Å²) >= 11 is 5.87. The predicted molar refractivity (Wildman–Crippen MR) is 101 cm³/mol. The van der Waals surface area contributed by atoms with Crippen LogP contribution in [0.25, 0.3) is 27.6 Å². The van der Waals surface area contributed by atoms with Crippen LogP contribution in [0.2, 0.25) is 5.02 Å². The van der Waals surface area contributed by atoms with Crippen molar-refractivity contribution in [2.45, 2.75) is 6.18 Å². The van der Waals surface area contributed by atoms with Gasteiger partial charge in [0.1, 0.15) is 17.1 Å². The highest BCUT2D eigenvalue weighted by atomic mass is 35.5. The summed E-state index contributed by atoms with van der Waals surface area (Å²) in [5.41, 5.74) is -1.31. The lowest BCUT2D eigenvalue weighted by molar-refractivity contribution is -0.142. The van der Waals surface area contributed by atoms with Gasteiger partial charge in [-0.3, -0.25) is 9.36 Å². The van der Waals surface area contributed by atoms with Crippen molar-refractivity contribution in [2.24, 2.45) is 0 Å². The predicted octanol–water partition coefficient (Wildman–Crippen LogP) is 5.22. The first-order chi connectivity index (χ1) is 13.3. The SMILES string of the molecule is COc1ccc2nc3c(cc2c1)c(=O)cc(C(F)(F)F)n3-c1ccc(Cl)cc1. The number of fused-ring (bicyclic) bond motifs is 2. The third kappa shape index (κ3) is 3.07. The maximum Gasteiger partial charge on any atom is 0.431 e. The lowest BCUT2D eigenvalue weighted by Gasteiger charge is -2.18. The molecule has 2 aromatic carbocycles. The largest absolute Gasteiger partial charge is 0.497 e. The van der Waals surface area contributed by atoms with Gasteiger partial charge in [-0.1, -0.05) is 11.6 Å². The van der Waals surface area contributed by atoms with Crippen LogP contribution in [0.3, 0.4) is 0 Å². The molecule has 0 aliphatic rings. The summed E-state index contributed by atoms with van der Waals surface area (Å²) in [4.78, 5) is 16.8. The van der Waals surface area contributed by atoms with Crippen molar-refractivity contribution in [3.63, 3.8) is 0 Å². The number of benzene rings is 2. The summed E-state index contributed by atoms with van der Waals surface area (Å²) in [6.07, 6.45) is -4.75. The van der Waals surface area contributed by atoms with E-state index in [1.165, 1.54) is 37.4 Å². The van der Waals surface area contributed by atoms with E-state index in [4.69, 9.17) is 16.3 Å². The number of pyridine rings is 2. The van der Waals surface area contributed by atoms with Crippen LogP contribution in [0.5, 0.6) is 5.75 Å². The molecule has 0 amide bonds. The number of halogens is 4. The van der Waals surface area contributed by atoms with E-state index < -0.39 is 17.3 Å². The van der Waals surface area contributed by atoms with Gasteiger partial charge in [-0.2, -0.15) is 13.2 Å². The molecule has 0 aliphatic carbocycles. The van der Waals surface area contributed by atoms with Crippen LogP contribution in [0.1, 0.15) is 5.69 Å². The van der Waals surface area contributed by atoms with Gasteiger partial charge in [0.05, 0.1) is 18.0 Å². The molecule has 8 heteroatoms. The molecular weight excluding hydrogens is 393 g/mol. The van der Waals surface area contributed by atoms with E-state index in [0.717, 1.165) is 4.57 Å². The van der Waals surface area contributed by atoms with Gasteiger partial charge in [-0.05, 0) is 48.5 Å². The van der Waals surface area contributed by atoms with E-state index in [-0.39, 0.29) is 16.7 Å². The van der Waals surface area contributed by atoms with E-state index in [0.29, 0.717) is 27.7 Å². The molecule has 4 nitrogen and oxygen atoms in total. The molecule has 0 aliphatic heterocycles. The first-order valence-corrected chi connectivity index (χ1v) is 8.53. The summed E-state index contributed by atoms with van der Waals surface area (Å²) in [6, 6.07) is 12.9. The lowest BCUT2D eigenvalue weighted by Crippen LogP contribution is -2.21. The van der Waals surface area contributed by atoms with Crippen LogP contribution >= 0.6 is 11.6 Å². The molecule has 0 fully saturated rings. The number of hydrogen-bond donors (Lipinski definition) is 0. The number of alkyl halides is 3. The Morgan fingerprint density at radius 3 is 2.39 bits per heavy atom. The van der Waals surface area contributed by atoms with Crippen molar-refractivity contribution in [2.75, 3.05) is 7.11 Å². The zero-order valence-corrected chi connectivity index (χ0v) is 15.2.